The minimum Gasteiger partial charge on any atom is -0.468 e. The van der Waals surface area contributed by atoms with Crippen LogP contribution in [0.2, 0.25) is 0 Å². The molecule has 0 aliphatic heterocycles. The summed E-state index contributed by atoms with van der Waals surface area (Å²) in [6.45, 7) is 6.47. The zero-order chi connectivity index (χ0) is 12.8. The number of ether oxygens (including phenoxy) is 1. The van der Waals surface area contributed by atoms with Crippen molar-refractivity contribution in [3.63, 3.8) is 0 Å². The van der Waals surface area contributed by atoms with Crippen LogP contribution in [0.3, 0.4) is 0 Å². The molecule has 1 heterocycles. The van der Waals surface area contributed by atoms with E-state index in [4.69, 9.17) is 9.26 Å². The first-order chi connectivity index (χ1) is 8.02. The summed E-state index contributed by atoms with van der Waals surface area (Å²) in [6, 6.07) is 1.55. The van der Waals surface area contributed by atoms with Crippen LogP contribution >= 0.6 is 0 Å². The summed E-state index contributed by atoms with van der Waals surface area (Å²) >= 11 is 0. The molecule has 96 valence electrons. The van der Waals surface area contributed by atoms with E-state index >= 15 is 0 Å². The van der Waals surface area contributed by atoms with E-state index < -0.39 is 0 Å². The van der Waals surface area contributed by atoms with Gasteiger partial charge in [0.2, 0.25) is 0 Å². The molecule has 0 aromatic carbocycles. The lowest BCUT2D eigenvalue weighted by atomic mass is 10.0. The molecule has 1 aromatic heterocycles. The van der Waals surface area contributed by atoms with E-state index in [1.54, 1.807) is 0 Å². The number of hydrogen-bond donors (Lipinski definition) is 1. The maximum atomic E-state index is 11.5. The Hall–Kier alpha value is -1.36. The Kier molecular flexibility index (Phi) is 5.15. The second-order valence-electron chi connectivity index (χ2n) is 4.52. The van der Waals surface area contributed by atoms with Crippen LogP contribution in [0.5, 0.6) is 0 Å². The van der Waals surface area contributed by atoms with Crippen molar-refractivity contribution in [2.24, 2.45) is 5.92 Å². The van der Waals surface area contributed by atoms with Crippen molar-refractivity contribution >= 4 is 5.97 Å². The highest BCUT2D eigenvalue weighted by molar-refractivity contribution is 5.75. The van der Waals surface area contributed by atoms with Gasteiger partial charge < -0.3 is 9.26 Å². The molecule has 1 N–H and O–H groups in total. The van der Waals surface area contributed by atoms with Crippen molar-refractivity contribution < 1.29 is 14.1 Å². The van der Waals surface area contributed by atoms with E-state index in [2.05, 4.69) is 24.3 Å². The number of carbonyl (C=O) groups excluding carboxylic acids is 1. The highest BCUT2D eigenvalue weighted by Gasteiger charge is 2.20. The minimum absolute atomic E-state index is 0.237. The molecule has 17 heavy (non-hydrogen) atoms. The molecular weight excluding hydrogens is 220 g/mol. The van der Waals surface area contributed by atoms with Crippen LogP contribution in [0.1, 0.15) is 31.7 Å². The van der Waals surface area contributed by atoms with Crippen LogP contribution in [0, 0.1) is 12.8 Å². The second kappa shape index (κ2) is 6.39. The number of nitrogens with zero attached hydrogens (tertiary/aromatic N) is 1. The third-order valence-corrected chi connectivity index (χ3v) is 2.40. The number of nitrogens with one attached hydrogen (secondary N) is 1. The van der Waals surface area contributed by atoms with Gasteiger partial charge in [-0.15, -0.1) is 0 Å². The van der Waals surface area contributed by atoms with Crippen LogP contribution in [-0.2, 0) is 16.1 Å². The van der Waals surface area contributed by atoms with Crippen LogP contribution in [0.4, 0.5) is 0 Å². The molecule has 0 radical (unpaired) electrons. The number of esters is 1. The molecule has 0 saturated heterocycles. The zero-order valence-corrected chi connectivity index (χ0v) is 10.8. The summed E-state index contributed by atoms with van der Waals surface area (Å²) in [4.78, 5) is 11.5. The van der Waals surface area contributed by atoms with Crippen LogP contribution in [-0.4, -0.2) is 24.3 Å². The lowest BCUT2D eigenvalue weighted by Gasteiger charge is -2.17. The predicted octanol–water partition coefficient (Wildman–Crippen LogP) is 1.66. The Labute approximate surface area is 102 Å². The number of aromatic nitrogens is 1. The molecule has 1 rings (SSSR count). The molecule has 0 spiro atoms. The van der Waals surface area contributed by atoms with Crippen molar-refractivity contribution in [3.8, 4) is 0 Å². The fraction of sp³-hybridized carbons (Fsp3) is 0.667. The first-order valence-electron chi connectivity index (χ1n) is 5.76. The van der Waals surface area contributed by atoms with Crippen molar-refractivity contribution in [1.82, 2.24) is 10.5 Å². The summed E-state index contributed by atoms with van der Waals surface area (Å²) in [5.41, 5.74) is 0.792. The largest absolute Gasteiger partial charge is 0.468 e. The van der Waals surface area contributed by atoms with E-state index in [9.17, 15) is 4.79 Å². The summed E-state index contributed by atoms with van der Waals surface area (Å²) in [5, 5.41) is 7.00. The van der Waals surface area contributed by atoms with Crippen molar-refractivity contribution in [2.45, 2.75) is 39.8 Å². The normalized spacial score (nSPS) is 12.8. The van der Waals surface area contributed by atoms with Crippen molar-refractivity contribution in [2.75, 3.05) is 7.11 Å². The van der Waals surface area contributed by atoms with Gasteiger partial charge in [0.1, 0.15) is 11.8 Å². The lowest BCUT2D eigenvalue weighted by molar-refractivity contribution is -0.143. The first-order valence-corrected chi connectivity index (χ1v) is 5.76. The van der Waals surface area contributed by atoms with E-state index in [1.807, 2.05) is 13.0 Å². The summed E-state index contributed by atoms with van der Waals surface area (Å²) in [5.74, 6) is 0.949. The van der Waals surface area contributed by atoms with Gasteiger partial charge in [-0.05, 0) is 19.3 Å². The Morgan fingerprint density at radius 3 is 2.76 bits per heavy atom. The molecule has 1 aromatic rings. The number of rotatable bonds is 6. The number of methoxy groups -OCH3 is 1. The van der Waals surface area contributed by atoms with Gasteiger partial charge in [0.05, 0.1) is 12.8 Å². The first kappa shape index (κ1) is 13.7. The van der Waals surface area contributed by atoms with E-state index in [1.165, 1.54) is 7.11 Å². The van der Waals surface area contributed by atoms with Crippen LogP contribution < -0.4 is 5.32 Å². The van der Waals surface area contributed by atoms with Crippen LogP contribution in [0.25, 0.3) is 0 Å². The summed E-state index contributed by atoms with van der Waals surface area (Å²) < 4.78 is 9.72. The zero-order valence-electron chi connectivity index (χ0n) is 10.8. The standard InChI is InChI=1S/C12H20N2O3/c1-8(2)5-11(12(15)16-4)13-7-10-6-9(3)17-14-10/h6,8,11,13H,5,7H2,1-4H3. The molecule has 1 unspecified atom stereocenters. The Balaban J connectivity index is 2.51. The number of hydrogen-bond acceptors (Lipinski definition) is 5. The van der Waals surface area contributed by atoms with E-state index in [0.29, 0.717) is 12.5 Å². The van der Waals surface area contributed by atoms with Gasteiger partial charge in [-0.1, -0.05) is 19.0 Å². The second-order valence-corrected chi connectivity index (χ2v) is 4.52. The molecule has 1 atom stereocenters. The average molecular weight is 240 g/mol. The summed E-state index contributed by atoms with van der Waals surface area (Å²) in [7, 11) is 1.40. The molecule has 0 bridgehead atoms. The number of aryl methyl sites for hydroxylation is 1. The topological polar surface area (TPSA) is 64.4 Å². The average Bonchev–Trinajstić information content (AvgIpc) is 2.68. The smallest absolute Gasteiger partial charge is 0.322 e. The molecule has 0 amide bonds. The molecule has 5 heteroatoms. The van der Waals surface area contributed by atoms with E-state index in [-0.39, 0.29) is 12.0 Å². The molecule has 0 aliphatic carbocycles. The highest BCUT2D eigenvalue weighted by Crippen LogP contribution is 2.08. The maximum absolute atomic E-state index is 11.5. The molecule has 0 fully saturated rings. The quantitative estimate of drug-likeness (QED) is 0.766. The molecule has 5 nitrogen and oxygen atoms in total. The molecule has 0 aliphatic rings. The SMILES string of the molecule is COC(=O)C(CC(C)C)NCc1cc(C)on1. The molecular formula is C12H20N2O3. The Bertz CT molecular complexity index is 360. The van der Waals surface area contributed by atoms with Gasteiger partial charge in [-0.2, -0.15) is 0 Å². The number of carbonyl (C=O) groups is 1. The Morgan fingerprint density at radius 1 is 1.59 bits per heavy atom. The molecule has 0 saturated carbocycles. The van der Waals surface area contributed by atoms with Gasteiger partial charge in [-0.3, -0.25) is 10.1 Å². The van der Waals surface area contributed by atoms with Gasteiger partial charge >= 0.3 is 5.97 Å². The third kappa shape index (κ3) is 4.56. The van der Waals surface area contributed by atoms with Gasteiger partial charge in [-0.25, -0.2) is 0 Å². The monoisotopic (exact) mass is 240 g/mol. The highest BCUT2D eigenvalue weighted by atomic mass is 16.5. The third-order valence-electron chi connectivity index (χ3n) is 2.40. The van der Waals surface area contributed by atoms with Crippen LogP contribution in [0.15, 0.2) is 10.6 Å². The Morgan fingerprint density at radius 2 is 2.29 bits per heavy atom. The fourth-order valence-electron chi connectivity index (χ4n) is 1.61. The minimum atomic E-state index is -0.294. The van der Waals surface area contributed by atoms with Gasteiger partial charge in [0, 0.05) is 12.6 Å². The maximum Gasteiger partial charge on any atom is 0.322 e. The van der Waals surface area contributed by atoms with Crippen molar-refractivity contribution in [1.29, 1.82) is 0 Å². The van der Waals surface area contributed by atoms with E-state index in [0.717, 1.165) is 17.9 Å². The summed E-state index contributed by atoms with van der Waals surface area (Å²) in [6.07, 6.45) is 0.740. The van der Waals surface area contributed by atoms with Gasteiger partial charge in [0.25, 0.3) is 0 Å². The lowest BCUT2D eigenvalue weighted by Crippen LogP contribution is -2.38. The fourth-order valence-corrected chi connectivity index (χ4v) is 1.61. The predicted molar refractivity (Wildman–Crippen MR) is 63.3 cm³/mol. The van der Waals surface area contributed by atoms with Crippen molar-refractivity contribution in [3.05, 3.63) is 17.5 Å². The van der Waals surface area contributed by atoms with Gasteiger partial charge in [0.15, 0.2) is 0 Å².